The van der Waals surface area contributed by atoms with Gasteiger partial charge in [0.05, 0.1) is 30.4 Å². The summed E-state index contributed by atoms with van der Waals surface area (Å²) in [5, 5.41) is 2.77. The first-order chi connectivity index (χ1) is 13.7. The van der Waals surface area contributed by atoms with E-state index in [0.717, 1.165) is 16.7 Å². The molecule has 0 atom stereocenters. The predicted octanol–water partition coefficient (Wildman–Crippen LogP) is 3.92. The summed E-state index contributed by atoms with van der Waals surface area (Å²) in [6.07, 6.45) is 4.39. The average molecular weight is 410 g/mol. The van der Waals surface area contributed by atoms with Gasteiger partial charge in [0.1, 0.15) is 0 Å². The van der Waals surface area contributed by atoms with Crippen LogP contribution in [0.2, 0.25) is 0 Å². The van der Waals surface area contributed by atoms with Gasteiger partial charge < -0.3 is 5.32 Å². The summed E-state index contributed by atoms with van der Waals surface area (Å²) >= 11 is 0. The third-order valence-electron chi connectivity index (χ3n) is 4.64. The Morgan fingerprint density at radius 3 is 2.34 bits per heavy atom. The molecule has 6 nitrogen and oxygen atoms in total. The number of pyridine rings is 1. The number of benzene rings is 2. The molecule has 0 aliphatic heterocycles. The number of rotatable bonds is 6. The van der Waals surface area contributed by atoms with Crippen LogP contribution in [0.5, 0.6) is 0 Å². The normalized spacial score (nSPS) is 11.1. The van der Waals surface area contributed by atoms with Gasteiger partial charge in [-0.1, -0.05) is 18.2 Å². The number of hydrogen-bond acceptors (Lipinski definition) is 4. The number of aryl methyl sites for hydroxylation is 2. The Labute approximate surface area is 171 Å². The summed E-state index contributed by atoms with van der Waals surface area (Å²) < 4.78 is 26.1. The van der Waals surface area contributed by atoms with Crippen molar-refractivity contribution in [3.05, 3.63) is 89.2 Å². The van der Waals surface area contributed by atoms with Gasteiger partial charge in [-0.25, -0.2) is 8.42 Å². The first kappa shape index (κ1) is 20.5. The quantitative estimate of drug-likeness (QED) is 0.669. The number of sulfonamides is 1. The van der Waals surface area contributed by atoms with Crippen LogP contribution in [-0.4, -0.2) is 25.6 Å². The molecule has 0 fully saturated rings. The highest BCUT2D eigenvalue weighted by Crippen LogP contribution is 2.23. The zero-order valence-electron chi connectivity index (χ0n) is 16.6. The van der Waals surface area contributed by atoms with Crippen molar-refractivity contribution in [2.45, 2.75) is 20.4 Å². The van der Waals surface area contributed by atoms with Gasteiger partial charge in [0, 0.05) is 11.8 Å². The highest BCUT2D eigenvalue weighted by Gasteiger charge is 2.18. The minimum Gasteiger partial charge on any atom is -0.321 e. The van der Waals surface area contributed by atoms with Crippen LogP contribution in [0, 0.1) is 13.8 Å². The third kappa shape index (κ3) is 5.20. The lowest BCUT2D eigenvalue weighted by atomic mass is 10.1. The molecular formula is C22H23N3O3S. The van der Waals surface area contributed by atoms with Crippen molar-refractivity contribution in [3.63, 3.8) is 0 Å². The van der Waals surface area contributed by atoms with Crippen LogP contribution in [0.4, 0.5) is 11.4 Å². The number of amides is 1. The first-order valence-corrected chi connectivity index (χ1v) is 10.9. The highest BCUT2D eigenvalue weighted by atomic mass is 32.2. The maximum atomic E-state index is 12.4. The summed E-state index contributed by atoms with van der Waals surface area (Å²) in [7, 11) is -3.47. The second-order valence-corrected chi connectivity index (χ2v) is 8.84. The third-order valence-corrected chi connectivity index (χ3v) is 5.78. The van der Waals surface area contributed by atoms with Crippen LogP contribution in [0.3, 0.4) is 0 Å². The lowest BCUT2D eigenvalue weighted by Gasteiger charge is -2.23. The molecule has 1 N–H and O–H groups in total. The largest absolute Gasteiger partial charge is 0.321 e. The lowest BCUT2D eigenvalue weighted by Crippen LogP contribution is -2.29. The van der Waals surface area contributed by atoms with Gasteiger partial charge in [-0.05, 0) is 66.9 Å². The molecule has 0 saturated carbocycles. The summed E-state index contributed by atoms with van der Waals surface area (Å²) in [4.78, 5) is 16.3. The van der Waals surface area contributed by atoms with E-state index >= 15 is 0 Å². The topological polar surface area (TPSA) is 79.4 Å². The molecule has 29 heavy (non-hydrogen) atoms. The van der Waals surface area contributed by atoms with E-state index in [1.807, 2.05) is 26.0 Å². The Morgan fingerprint density at radius 1 is 1.03 bits per heavy atom. The van der Waals surface area contributed by atoms with E-state index in [1.54, 1.807) is 54.9 Å². The molecule has 0 unspecified atom stereocenters. The second kappa shape index (κ2) is 8.45. The Bertz CT molecular complexity index is 1110. The lowest BCUT2D eigenvalue weighted by molar-refractivity contribution is 0.102. The molecule has 3 rings (SSSR count). The first-order valence-electron chi connectivity index (χ1n) is 9.09. The number of carbonyl (C=O) groups is 1. The molecule has 0 saturated heterocycles. The monoisotopic (exact) mass is 409 g/mol. The molecule has 0 bridgehead atoms. The molecular weight excluding hydrogens is 386 g/mol. The van der Waals surface area contributed by atoms with Gasteiger partial charge >= 0.3 is 0 Å². The predicted molar refractivity (Wildman–Crippen MR) is 116 cm³/mol. The van der Waals surface area contributed by atoms with E-state index in [1.165, 1.54) is 10.6 Å². The molecule has 2 aromatic carbocycles. The molecule has 7 heteroatoms. The Morgan fingerprint density at radius 2 is 1.76 bits per heavy atom. The van der Waals surface area contributed by atoms with Crippen molar-refractivity contribution in [1.82, 2.24) is 4.98 Å². The van der Waals surface area contributed by atoms with Crippen molar-refractivity contribution < 1.29 is 13.2 Å². The summed E-state index contributed by atoms with van der Waals surface area (Å²) in [5.41, 5.74) is 4.62. The summed E-state index contributed by atoms with van der Waals surface area (Å²) in [5.74, 6) is -0.251. The average Bonchev–Trinajstić information content (AvgIpc) is 2.69. The van der Waals surface area contributed by atoms with Crippen molar-refractivity contribution in [1.29, 1.82) is 0 Å². The second-order valence-electron chi connectivity index (χ2n) is 6.93. The zero-order valence-corrected chi connectivity index (χ0v) is 17.4. The van der Waals surface area contributed by atoms with Gasteiger partial charge in [-0.2, -0.15) is 0 Å². The van der Waals surface area contributed by atoms with Gasteiger partial charge in [0.25, 0.3) is 5.91 Å². The highest BCUT2D eigenvalue weighted by molar-refractivity contribution is 7.92. The van der Waals surface area contributed by atoms with Gasteiger partial charge in [-0.15, -0.1) is 0 Å². The van der Waals surface area contributed by atoms with Crippen LogP contribution in [0.1, 0.15) is 27.0 Å². The van der Waals surface area contributed by atoms with E-state index < -0.39 is 10.0 Å². The molecule has 1 amide bonds. The van der Waals surface area contributed by atoms with E-state index in [0.29, 0.717) is 16.9 Å². The number of carbonyl (C=O) groups excluding carboxylic acids is 1. The van der Waals surface area contributed by atoms with E-state index in [2.05, 4.69) is 10.3 Å². The minimum atomic E-state index is -3.47. The molecule has 1 aromatic heterocycles. The standard InChI is InChI=1S/C22H23N3O3S/c1-16-6-11-21(13-17(16)2)25(29(3,27)28)15-18-7-9-19(10-8-18)22(26)24-20-5-4-12-23-14-20/h4-14H,15H2,1-3H3,(H,24,26). The number of nitrogens with zero attached hydrogens (tertiary/aromatic N) is 2. The van der Waals surface area contributed by atoms with E-state index in [4.69, 9.17) is 0 Å². The molecule has 0 aliphatic rings. The maximum absolute atomic E-state index is 12.4. The molecule has 0 radical (unpaired) electrons. The Kier molecular flexibility index (Phi) is 5.98. The SMILES string of the molecule is Cc1ccc(N(Cc2ccc(C(=O)Nc3cccnc3)cc2)S(C)(=O)=O)cc1C. The molecule has 0 spiro atoms. The molecule has 150 valence electrons. The maximum Gasteiger partial charge on any atom is 0.255 e. The van der Waals surface area contributed by atoms with Crippen LogP contribution in [0.15, 0.2) is 67.0 Å². The van der Waals surface area contributed by atoms with Crippen LogP contribution in [-0.2, 0) is 16.6 Å². The fourth-order valence-electron chi connectivity index (χ4n) is 2.85. The van der Waals surface area contributed by atoms with E-state index in [-0.39, 0.29) is 12.5 Å². The number of nitrogens with one attached hydrogen (secondary N) is 1. The molecule has 0 aliphatic carbocycles. The Balaban J connectivity index is 1.79. The number of aromatic nitrogens is 1. The molecule has 3 aromatic rings. The zero-order chi connectivity index (χ0) is 21.0. The van der Waals surface area contributed by atoms with E-state index in [9.17, 15) is 13.2 Å². The van der Waals surface area contributed by atoms with Crippen molar-refractivity contribution in [3.8, 4) is 0 Å². The van der Waals surface area contributed by atoms with Crippen LogP contribution >= 0.6 is 0 Å². The van der Waals surface area contributed by atoms with Crippen LogP contribution in [0.25, 0.3) is 0 Å². The number of anilines is 2. The summed E-state index contributed by atoms with van der Waals surface area (Å²) in [6.45, 7) is 4.12. The van der Waals surface area contributed by atoms with Crippen molar-refractivity contribution in [2.75, 3.05) is 15.9 Å². The van der Waals surface area contributed by atoms with Gasteiger partial charge in [0.2, 0.25) is 10.0 Å². The molecule has 1 heterocycles. The fourth-order valence-corrected chi connectivity index (χ4v) is 3.73. The van der Waals surface area contributed by atoms with Crippen molar-refractivity contribution in [2.24, 2.45) is 0 Å². The Hall–Kier alpha value is -3.19. The van der Waals surface area contributed by atoms with Gasteiger partial charge in [-0.3, -0.25) is 14.1 Å². The summed E-state index contributed by atoms with van der Waals surface area (Å²) in [6, 6.07) is 16.0. The fraction of sp³-hybridized carbons (Fsp3) is 0.182. The van der Waals surface area contributed by atoms with Gasteiger partial charge in [0.15, 0.2) is 0 Å². The minimum absolute atomic E-state index is 0.186. The smallest absolute Gasteiger partial charge is 0.255 e. The van der Waals surface area contributed by atoms with Crippen LogP contribution < -0.4 is 9.62 Å². The number of hydrogen-bond donors (Lipinski definition) is 1. The van der Waals surface area contributed by atoms with Crippen molar-refractivity contribution >= 4 is 27.3 Å².